The van der Waals surface area contributed by atoms with E-state index < -0.39 is 10.0 Å². The first-order valence-corrected chi connectivity index (χ1v) is 8.81. The fourth-order valence-corrected chi connectivity index (χ4v) is 3.37. The van der Waals surface area contributed by atoms with Crippen LogP contribution < -0.4 is 14.8 Å². The van der Waals surface area contributed by atoms with Gasteiger partial charge in [-0.15, -0.1) is 0 Å². The third kappa shape index (κ3) is 4.41. The number of nitrogens with one attached hydrogen (secondary N) is 2. The van der Waals surface area contributed by atoms with E-state index in [9.17, 15) is 13.2 Å². The second-order valence-corrected chi connectivity index (χ2v) is 7.04. The number of benzene rings is 2. The molecule has 0 spiro atoms. The molecule has 2 aromatic rings. The van der Waals surface area contributed by atoms with Gasteiger partial charge in [-0.25, -0.2) is 8.42 Å². The van der Waals surface area contributed by atoms with Crippen LogP contribution in [0.5, 0.6) is 5.75 Å². The van der Waals surface area contributed by atoms with Gasteiger partial charge in [-0.3, -0.25) is 9.52 Å². The molecule has 7 nitrogen and oxygen atoms in total. The number of hydrogen-bond acceptors (Lipinski definition) is 5. The first kappa shape index (κ1) is 18.6. The fourth-order valence-electron chi connectivity index (χ4n) is 1.99. The molecular formula is C16H14ClN3O4S. The lowest BCUT2D eigenvalue weighted by Gasteiger charge is -2.14. The van der Waals surface area contributed by atoms with Crippen LogP contribution in [0.1, 0.15) is 12.5 Å². The van der Waals surface area contributed by atoms with Crippen LogP contribution in [0.2, 0.25) is 5.02 Å². The van der Waals surface area contributed by atoms with Gasteiger partial charge in [0.25, 0.3) is 10.0 Å². The molecule has 0 aliphatic heterocycles. The SMILES string of the molecule is COc1ccc(NC(C)=O)c(NS(=O)(=O)c2ccc(C#N)c(Cl)c2)c1. The van der Waals surface area contributed by atoms with E-state index in [1.807, 2.05) is 6.07 Å². The minimum atomic E-state index is -3.99. The topological polar surface area (TPSA) is 108 Å². The standard InChI is InChI=1S/C16H14ClN3O4S/c1-10(21)19-15-6-4-12(24-2)7-16(15)20-25(22,23)13-5-3-11(9-18)14(17)8-13/h3-8,20H,1-2H3,(H,19,21). The number of rotatable bonds is 5. The van der Waals surface area contributed by atoms with Gasteiger partial charge in [-0.2, -0.15) is 5.26 Å². The van der Waals surface area contributed by atoms with Crippen molar-refractivity contribution in [2.75, 3.05) is 17.1 Å². The summed E-state index contributed by atoms with van der Waals surface area (Å²) in [5.74, 6) is 0.0525. The van der Waals surface area contributed by atoms with E-state index in [1.165, 1.54) is 44.4 Å². The number of sulfonamides is 1. The van der Waals surface area contributed by atoms with Crippen molar-refractivity contribution in [1.82, 2.24) is 0 Å². The van der Waals surface area contributed by atoms with Crippen molar-refractivity contribution < 1.29 is 17.9 Å². The summed E-state index contributed by atoms with van der Waals surface area (Å²) >= 11 is 5.89. The Morgan fingerprint density at radius 3 is 2.48 bits per heavy atom. The smallest absolute Gasteiger partial charge is 0.262 e. The molecular weight excluding hydrogens is 366 g/mol. The van der Waals surface area contributed by atoms with Gasteiger partial charge >= 0.3 is 0 Å². The minimum absolute atomic E-state index is 0.0260. The molecule has 2 N–H and O–H groups in total. The number of carbonyl (C=O) groups excluding carboxylic acids is 1. The van der Waals surface area contributed by atoms with Crippen molar-refractivity contribution in [3.8, 4) is 11.8 Å². The molecule has 2 rings (SSSR count). The van der Waals surface area contributed by atoms with E-state index >= 15 is 0 Å². The Morgan fingerprint density at radius 1 is 1.20 bits per heavy atom. The molecule has 0 aromatic heterocycles. The van der Waals surface area contributed by atoms with Crippen LogP contribution in [-0.4, -0.2) is 21.4 Å². The predicted molar refractivity (Wildman–Crippen MR) is 94.3 cm³/mol. The van der Waals surface area contributed by atoms with Crippen molar-refractivity contribution in [2.45, 2.75) is 11.8 Å². The summed E-state index contributed by atoms with van der Waals surface area (Å²) in [5.41, 5.74) is 0.576. The minimum Gasteiger partial charge on any atom is -0.497 e. The Hall–Kier alpha value is -2.76. The molecule has 130 valence electrons. The van der Waals surface area contributed by atoms with Crippen LogP contribution in [0.4, 0.5) is 11.4 Å². The summed E-state index contributed by atoms with van der Waals surface area (Å²) in [4.78, 5) is 11.2. The van der Waals surface area contributed by atoms with Gasteiger partial charge in [0.1, 0.15) is 11.8 Å². The van der Waals surface area contributed by atoms with Crippen LogP contribution in [0.25, 0.3) is 0 Å². The van der Waals surface area contributed by atoms with Crippen LogP contribution in [0.15, 0.2) is 41.3 Å². The molecule has 0 atom stereocenters. The zero-order valence-corrected chi connectivity index (χ0v) is 14.9. The highest BCUT2D eigenvalue weighted by Crippen LogP contribution is 2.30. The van der Waals surface area contributed by atoms with E-state index in [2.05, 4.69) is 10.0 Å². The summed E-state index contributed by atoms with van der Waals surface area (Å²) < 4.78 is 32.6. The Balaban J connectivity index is 2.44. The van der Waals surface area contributed by atoms with E-state index in [1.54, 1.807) is 6.07 Å². The lowest BCUT2D eigenvalue weighted by atomic mass is 10.2. The number of anilines is 2. The molecule has 0 radical (unpaired) electrons. The second kappa shape index (κ2) is 7.42. The number of carbonyl (C=O) groups is 1. The molecule has 2 aromatic carbocycles. The van der Waals surface area contributed by atoms with Crippen molar-refractivity contribution in [2.24, 2.45) is 0 Å². The van der Waals surface area contributed by atoms with Crippen molar-refractivity contribution >= 4 is 38.9 Å². The molecule has 25 heavy (non-hydrogen) atoms. The lowest BCUT2D eigenvalue weighted by molar-refractivity contribution is -0.114. The van der Waals surface area contributed by atoms with Gasteiger partial charge in [0.2, 0.25) is 5.91 Å². The zero-order valence-electron chi connectivity index (χ0n) is 13.3. The van der Waals surface area contributed by atoms with Gasteiger partial charge in [0, 0.05) is 13.0 Å². The molecule has 0 saturated heterocycles. The molecule has 0 aliphatic carbocycles. The van der Waals surface area contributed by atoms with Gasteiger partial charge in [-0.05, 0) is 30.3 Å². The van der Waals surface area contributed by atoms with Crippen LogP contribution in [0.3, 0.4) is 0 Å². The Morgan fingerprint density at radius 2 is 1.92 bits per heavy atom. The van der Waals surface area contributed by atoms with Gasteiger partial charge in [0.15, 0.2) is 0 Å². The maximum Gasteiger partial charge on any atom is 0.262 e. The summed E-state index contributed by atoms with van der Waals surface area (Å²) in [6.07, 6.45) is 0. The van der Waals surface area contributed by atoms with E-state index in [4.69, 9.17) is 21.6 Å². The number of nitrogens with zero attached hydrogens (tertiary/aromatic N) is 1. The highest BCUT2D eigenvalue weighted by molar-refractivity contribution is 7.92. The van der Waals surface area contributed by atoms with E-state index in [0.29, 0.717) is 5.75 Å². The predicted octanol–water partition coefficient (Wildman–Crippen LogP) is 2.98. The van der Waals surface area contributed by atoms with Gasteiger partial charge in [0.05, 0.1) is 34.0 Å². The number of ether oxygens (including phenoxy) is 1. The summed E-state index contributed by atoms with van der Waals surface area (Å²) in [5, 5.41) is 11.4. The fraction of sp³-hybridized carbons (Fsp3) is 0.125. The second-order valence-electron chi connectivity index (χ2n) is 4.95. The zero-order chi connectivity index (χ0) is 18.6. The third-order valence-electron chi connectivity index (χ3n) is 3.15. The highest BCUT2D eigenvalue weighted by atomic mass is 35.5. The number of methoxy groups -OCH3 is 1. The Bertz CT molecular complexity index is 968. The molecule has 0 saturated carbocycles. The number of hydrogen-bond donors (Lipinski definition) is 2. The van der Waals surface area contributed by atoms with Crippen molar-refractivity contribution in [1.29, 1.82) is 5.26 Å². The first-order chi connectivity index (χ1) is 11.8. The number of halogens is 1. The van der Waals surface area contributed by atoms with Crippen LogP contribution in [0, 0.1) is 11.3 Å². The largest absolute Gasteiger partial charge is 0.497 e. The lowest BCUT2D eigenvalue weighted by Crippen LogP contribution is -2.16. The summed E-state index contributed by atoms with van der Waals surface area (Å²) in [7, 11) is -2.56. The average molecular weight is 380 g/mol. The quantitative estimate of drug-likeness (QED) is 0.830. The molecule has 1 amide bonds. The molecule has 0 fully saturated rings. The van der Waals surface area contributed by atoms with Crippen molar-refractivity contribution in [3.05, 3.63) is 47.0 Å². The molecule has 0 aliphatic rings. The van der Waals surface area contributed by atoms with E-state index in [0.717, 1.165) is 0 Å². The first-order valence-electron chi connectivity index (χ1n) is 6.95. The third-order valence-corrected chi connectivity index (χ3v) is 4.83. The van der Waals surface area contributed by atoms with E-state index in [-0.39, 0.29) is 32.8 Å². The summed E-state index contributed by atoms with van der Waals surface area (Å²) in [6.45, 7) is 1.31. The van der Waals surface area contributed by atoms with Gasteiger partial charge < -0.3 is 10.1 Å². The number of nitriles is 1. The summed E-state index contributed by atoms with van der Waals surface area (Å²) in [6, 6.07) is 10.2. The average Bonchev–Trinajstić information content (AvgIpc) is 2.55. The maximum absolute atomic E-state index is 12.6. The normalized spacial score (nSPS) is 10.6. The van der Waals surface area contributed by atoms with Gasteiger partial charge in [-0.1, -0.05) is 11.6 Å². The maximum atomic E-state index is 12.6. The molecule has 0 bridgehead atoms. The Labute approximate surface area is 150 Å². The van der Waals surface area contributed by atoms with Crippen LogP contribution >= 0.6 is 11.6 Å². The molecule has 0 heterocycles. The number of amides is 1. The Kier molecular flexibility index (Phi) is 5.51. The highest BCUT2D eigenvalue weighted by Gasteiger charge is 2.18. The van der Waals surface area contributed by atoms with Crippen LogP contribution in [-0.2, 0) is 14.8 Å². The molecule has 0 unspecified atom stereocenters. The van der Waals surface area contributed by atoms with Crippen molar-refractivity contribution in [3.63, 3.8) is 0 Å². The monoisotopic (exact) mass is 379 g/mol. The molecule has 9 heteroatoms.